The van der Waals surface area contributed by atoms with Crippen molar-refractivity contribution >= 4 is 68.7 Å². The molecule has 2 fully saturated rings. The summed E-state index contributed by atoms with van der Waals surface area (Å²) in [4.78, 5) is 72.0. The van der Waals surface area contributed by atoms with E-state index < -0.39 is 71.2 Å². The number of anilines is 1. The Kier molecular flexibility index (Phi) is 19.7. The Morgan fingerprint density at radius 1 is 0.974 bits per heavy atom. The van der Waals surface area contributed by atoms with Crippen LogP contribution in [0, 0.1) is 5.92 Å². The highest BCUT2D eigenvalue weighted by Crippen LogP contribution is 2.49. The maximum absolute atomic E-state index is 14.4. The number of aliphatic hydroxyl groups is 1. The minimum Gasteiger partial charge on any atom is -0.495 e. The van der Waals surface area contributed by atoms with Crippen LogP contribution >= 0.6 is 33.2 Å². The van der Waals surface area contributed by atoms with Crippen LogP contribution in [-0.2, 0) is 50.1 Å². The molecule has 3 aliphatic heterocycles. The van der Waals surface area contributed by atoms with Crippen molar-refractivity contribution in [3.05, 3.63) is 154 Å². The minimum absolute atomic E-state index is 0.0748. The van der Waals surface area contributed by atoms with Gasteiger partial charge in [-0.1, -0.05) is 162 Å². The predicted molar refractivity (Wildman–Crippen MR) is 302 cm³/mol. The number of amides is 4. The number of likely N-dealkylation sites (N-methyl/N-ethyl adjacent to an activating group) is 1. The molecule has 412 valence electrons. The van der Waals surface area contributed by atoms with Gasteiger partial charge >= 0.3 is 12.1 Å². The van der Waals surface area contributed by atoms with Crippen LogP contribution in [-0.4, -0.2) is 121 Å². The zero-order valence-electron chi connectivity index (χ0n) is 45.2. The molecule has 7 rings (SSSR count). The zero-order valence-corrected chi connectivity index (χ0v) is 47.5. The number of nitrogens with zero attached hydrogens (tertiary/aromatic N) is 2. The molecule has 77 heavy (non-hydrogen) atoms. The smallest absolute Gasteiger partial charge is 0.409 e. The van der Waals surface area contributed by atoms with Gasteiger partial charge in [0, 0.05) is 57.4 Å². The number of hydrogen-bond donors (Lipinski definition) is 3. The summed E-state index contributed by atoms with van der Waals surface area (Å²) in [6.45, 7) is 9.06. The van der Waals surface area contributed by atoms with Gasteiger partial charge in [-0.15, -0.1) is 0 Å². The number of allylic oxidation sites excluding steroid dienone is 3. The highest BCUT2D eigenvalue weighted by molar-refractivity contribution is 8.76. The summed E-state index contributed by atoms with van der Waals surface area (Å²) in [5.74, 6) is -1.35. The quantitative estimate of drug-likeness (QED) is 0.0299. The Hall–Kier alpha value is -5.82. The monoisotopic (exact) mass is 1110 g/mol. The molecule has 3 N–H and O–H groups in total. The number of benzene rings is 4. The summed E-state index contributed by atoms with van der Waals surface area (Å²) in [5.41, 5.74) is 0.880. The molecule has 2 saturated heterocycles. The van der Waals surface area contributed by atoms with Gasteiger partial charge in [0.25, 0.3) is 0 Å². The first-order chi connectivity index (χ1) is 36.7. The third kappa shape index (κ3) is 13.7. The second kappa shape index (κ2) is 25.8. The molecule has 0 aromatic heterocycles. The van der Waals surface area contributed by atoms with Gasteiger partial charge in [-0.2, -0.15) is 0 Å². The Morgan fingerprint density at radius 2 is 1.58 bits per heavy atom. The van der Waals surface area contributed by atoms with Crippen molar-refractivity contribution in [1.82, 2.24) is 15.5 Å². The standard InChI is InChI=1S/C59H71ClN4O11S2/c1-37-20-19-27-48(72-9)58(70)36-47(73-56(69)62-58)39(3)54-57(5,75-54)49(35-52(67)64(7)45-33-41(32-37)34-46(71-8)53(45)60)74-55(68)40(4)63(6)51(66)30-31-76-77-38(2)28-29-50(65)61-59(42-21-13-10-14-22-42,43-23-15-11-16-24-43)44-25-17-12-18-26-44/h10-27,33-34,38-40,47-49,54,70H,28-32,35-36H2,1-9H3,(H,61,65)(H,62,69)/b27-19+,37-20+/t38?,39-,40-,47+,48-,49+,54+,57+,58+/m1/s1. The van der Waals surface area contributed by atoms with E-state index in [9.17, 15) is 29.1 Å². The molecular formula is C59H71ClN4O11S2. The topological polar surface area (TPSA) is 186 Å². The third-order valence-corrected chi connectivity index (χ3v) is 18.2. The SMILES string of the molecule is COc1cc2cc(c1Cl)N(C)C(=O)C[C@H](OC(=O)[C@@H](C)N(C)C(=O)CCSSC(C)CCC(=O)NC(c1ccccc1)(c1ccccc1)c1ccccc1)[C@]1(C)O[C@H]1[C@H](C)[C@@H]1C[C@@](O)(NC(=O)O1)[C@H](OC)/C=C/C=C(\C)C2. The van der Waals surface area contributed by atoms with Crippen molar-refractivity contribution in [2.45, 2.75) is 126 Å². The number of alkyl carbamates (subject to hydrolysis) is 1. The largest absolute Gasteiger partial charge is 0.495 e. The molecule has 0 spiro atoms. The lowest BCUT2D eigenvalue weighted by molar-refractivity contribution is -0.162. The number of nitrogens with one attached hydrogen (secondary N) is 2. The van der Waals surface area contributed by atoms with E-state index in [0.717, 1.165) is 27.8 Å². The van der Waals surface area contributed by atoms with Crippen LogP contribution in [0.15, 0.2) is 127 Å². The summed E-state index contributed by atoms with van der Waals surface area (Å²) >= 11 is 6.85. The molecule has 4 aromatic rings. The fourth-order valence-corrected chi connectivity index (χ4v) is 12.8. The molecule has 3 heterocycles. The van der Waals surface area contributed by atoms with Gasteiger partial charge in [0.15, 0.2) is 5.72 Å². The van der Waals surface area contributed by atoms with E-state index in [1.54, 1.807) is 62.9 Å². The van der Waals surface area contributed by atoms with Crippen molar-refractivity contribution in [2.75, 3.05) is 39.0 Å². The number of carbonyl (C=O) groups is 5. The number of rotatable bonds is 17. The molecule has 0 radical (unpaired) electrons. The Balaban J connectivity index is 0.998. The summed E-state index contributed by atoms with van der Waals surface area (Å²) in [6, 6.07) is 32.5. The van der Waals surface area contributed by atoms with Crippen LogP contribution in [0.25, 0.3) is 0 Å². The van der Waals surface area contributed by atoms with Crippen molar-refractivity contribution in [3.8, 4) is 5.75 Å². The lowest BCUT2D eigenvalue weighted by Crippen LogP contribution is -2.63. The first-order valence-corrected chi connectivity index (χ1v) is 28.6. The normalized spacial score (nSPS) is 25.6. The van der Waals surface area contributed by atoms with E-state index >= 15 is 0 Å². The van der Waals surface area contributed by atoms with E-state index in [4.69, 9.17) is 35.3 Å². The van der Waals surface area contributed by atoms with Crippen LogP contribution in [0.1, 0.15) is 89.0 Å². The maximum Gasteiger partial charge on any atom is 0.409 e. The van der Waals surface area contributed by atoms with Crippen LogP contribution in [0.5, 0.6) is 5.75 Å². The summed E-state index contributed by atoms with van der Waals surface area (Å²) in [6.07, 6.45) is 1.69. The molecule has 4 bridgehead atoms. The highest BCUT2D eigenvalue weighted by Gasteiger charge is 2.64. The number of methoxy groups -OCH3 is 2. The molecule has 0 aliphatic carbocycles. The third-order valence-electron chi connectivity index (χ3n) is 14.9. The second-order valence-electron chi connectivity index (χ2n) is 20.3. The van der Waals surface area contributed by atoms with Gasteiger partial charge in [-0.3, -0.25) is 19.7 Å². The molecular weight excluding hydrogens is 1040 g/mol. The van der Waals surface area contributed by atoms with Crippen LogP contribution in [0.3, 0.4) is 0 Å². The molecule has 4 aromatic carbocycles. The average molecular weight is 1110 g/mol. The summed E-state index contributed by atoms with van der Waals surface area (Å²) in [7, 11) is 9.15. The second-order valence-corrected chi connectivity index (χ2v) is 23.6. The lowest BCUT2D eigenvalue weighted by Gasteiger charge is -2.42. The van der Waals surface area contributed by atoms with Gasteiger partial charge in [-0.05, 0) is 68.0 Å². The minimum atomic E-state index is -1.86. The Labute approximate surface area is 465 Å². The first kappa shape index (κ1) is 58.9. The molecule has 9 atom stereocenters. The maximum atomic E-state index is 14.4. The van der Waals surface area contributed by atoms with E-state index in [2.05, 4.69) is 17.6 Å². The van der Waals surface area contributed by atoms with E-state index in [0.29, 0.717) is 30.0 Å². The van der Waals surface area contributed by atoms with Gasteiger partial charge < -0.3 is 43.9 Å². The average Bonchev–Trinajstić information content (AvgIpc) is 4.23. The predicted octanol–water partition coefficient (Wildman–Crippen LogP) is 9.56. The van der Waals surface area contributed by atoms with Crippen molar-refractivity contribution in [1.29, 1.82) is 0 Å². The number of carbonyl (C=O) groups excluding carboxylic acids is 5. The Morgan fingerprint density at radius 3 is 2.17 bits per heavy atom. The summed E-state index contributed by atoms with van der Waals surface area (Å²) < 4.78 is 29.6. The van der Waals surface area contributed by atoms with E-state index in [1.165, 1.54) is 41.9 Å². The number of halogens is 1. The van der Waals surface area contributed by atoms with Crippen molar-refractivity contribution < 1.29 is 52.8 Å². The first-order valence-electron chi connectivity index (χ1n) is 25.8. The lowest BCUT2D eigenvalue weighted by atomic mass is 9.77. The highest BCUT2D eigenvalue weighted by atomic mass is 35.5. The number of epoxide rings is 1. The van der Waals surface area contributed by atoms with Gasteiger partial charge in [-0.25, -0.2) is 9.59 Å². The number of fused-ring (bicyclic) bond motifs is 5. The Bertz CT molecular complexity index is 2690. The van der Waals surface area contributed by atoms with Crippen LogP contribution < -0.4 is 20.3 Å². The number of hydrogen-bond acceptors (Lipinski definition) is 13. The van der Waals surface area contributed by atoms with Crippen LogP contribution in [0.4, 0.5) is 10.5 Å². The molecule has 3 aliphatic rings. The molecule has 0 saturated carbocycles. The number of esters is 1. The van der Waals surface area contributed by atoms with E-state index in [-0.39, 0.29) is 47.8 Å². The number of ether oxygens (including phenoxy) is 5. The summed E-state index contributed by atoms with van der Waals surface area (Å²) in [5, 5.41) is 18.1. The van der Waals surface area contributed by atoms with Gasteiger partial charge in [0.1, 0.15) is 46.3 Å². The zero-order chi connectivity index (χ0) is 55.7. The van der Waals surface area contributed by atoms with Crippen LogP contribution in [0.2, 0.25) is 5.02 Å². The van der Waals surface area contributed by atoms with Crippen molar-refractivity contribution in [2.24, 2.45) is 5.92 Å². The van der Waals surface area contributed by atoms with Crippen molar-refractivity contribution in [3.63, 3.8) is 0 Å². The van der Waals surface area contributed by atoms with Gasteiger partial charge in [0.05, 0.1) is 25.3 Å². The molecule has 18 heteroatoms. The van der Waals surface area contributed by atoms with Gasteiger partial charge in [0.2, 0.25) is 17.7 Å². The molecule has 15 nitrogen and oxygen atoms in total. The molecule has 4 amide bonds. The van der Waals surface area contributed by atoms with E-state index in [1.807, 2.05) is 104 Å². The fraction of sp³-hybridized carbons (Fsp3) is 0.441. The molecule has 1 unspecified atom stereocenters. The fourth-order valence-electron chi connectivity index (χ4n) is 10.1.